The van der Waals surface area contributed by atoms with Gasteiger partial charge in [0.15, 0.2) is 0 Å². The van der Waals surface area contributed by atoms with Crippen LogP contribution < -0.4 is 5.32 Å². The number of anilines is 2. The molecule has 32 heavy (non-hydrogen) atoms. The SMILES string of the molecule is O=C(O)C1CCCCN1C(=O)c1ccc(Nc2cnc3cc(C(F)(F)F)ccc3n2)cc1. The van der Waals surface area contributed by atoms with E-state index >= 15 is 0 Å². The molecule has 0 aliphatic carbocycles. The lowest BCUT2D eigenvalue weighted by atomic mass is 10.0. The number of piperidine rings is 1. The van der Waals surface area contributed by atoms with Gasteiger partial charge >= 0.3 is 12.1 Å². The van der Waals surface area contributed by atoms with Crippen LogP contribution in [0.25, 0.3) is 11.0 Å². The Kier molecular flexibility index (Phi) is 5.68. The van der Waals surface area contributed by atoms with Crippen LogP contribution in [-0.2, 0) is 11.0 Å². The second kappa shape index (κ2) is 8.45. The summed E-state index contributed by atoms with van der Waals surface area (Å²) in [6.07, 6.45) is -1.16. The van der Waals surface area contributed by atoms with Crippen LogP contribution in [0.15, 0.2) is 48.7 Å². The minimum absolute atomic E-state index is 0.126. The summed E-state index contributed by atoms with van der Waals surface area (Å²) in [6.45, 7) is 0.401. The number of aliphatic carboxylic acids is 1. The summed E-state index contributed by atoms with van der Waals surface area (Å²) in [5.41, 5.74) is 0.600. The average Bonchev–Trinajstić information content (AvgIpc) is 2.78. The van der Waals surface area contributed by atoms with Gasteiger partial charge in [0.1, 0.15) is 11.9 Å². The average molecular weight is 444 g/mol. The number of fused-ring (bicyclic) bond motifs is 1. The first kappa shape index (κ1) is 21.5. The number of halogens is 3. The normalized spacial score (nSPS) is 16.7. The Labute approximate surface area is 180 Å². The molecule has 2 aromatic carbocycles. The second-order valence-corrected chi connectivity index (χ2v) is 7.51. The van der Waals surface area contributed by atoms with Gasteiger partial charge < -0.3 is 15.3 Å². The van der Waals surface area contributed by atoms with E-state index in [1.165, 1.54) is 17.2 Å². The Morgan fingerprint density at radius 2 is 1.81 bits per heavy atom. The van der Waals surface area contributed by atoms with Gasteiger partial charge in [-0.3, -0.25) is 9.78 Å². The number of benzene rings is 2. The van der Waals surface area contributed by atoms with Crippen molar-refractivity contribution in [1.29, 1.82) is 0 Å². The number of likely N-dealkylation sites (tertiary alicyclic amines) is 1. The number of alkyl halides is 3. The molecule has 1 aromatic heterocycles. The van der Waals surface area contributed by atoms with E-state index in [0.29, 0.717) is 35.6 Å². The van der Waals surface area contributed by atoms with Crippen molar-refractivity contribution in [3.05, 3.63) is 59.8 Å². The Hall–Kier alpha value is -3.69. The van der Waals surface area contributed by atoms with Gasteiger partial charge in [0.2, 0.25) is 0 Å². The van der Waals surface area contributed by atoms with E-state index in [4.69, 9.17) is 0 Å². The quantitative estimate of drug-likeness (QED) is 0.617. The highest BCUT2D eigenvalue weighted by Gasteiger charge is 2.32. The largest absolute Gasteiger partial charge is 0.480 e. The van der Waals surface area contributed by atoms with E-state index in [0.717, 1.165) is 25.0 Å². The van der Waals surface area contributed by atoms with Crippen molar-refractivity contribution in [1.82, 2.24) is 14.9 Å². The fraction of sp³-hybridized carbons (Fsp3) is 0.273. The zero-order valence-electron chi connectivity index (χ0n) is 16.8. The van der Waals surface area contributed by atoms with Crippen molar-refractivity contribution in [2.24, 2.45) is 0 Å². The third-order valence-corrected chi connectivity index (χ3v) is 5.32. The molecule has 0 spiro atoms. The fourth-order valence-corrected chi connectivity index (χ4v) is 3.69. The van der Waals surface area contributed by atoms with Crippen LogP contribution in [0.4, 0.5) is 24.7 Å². The number of nitrogens with zero attached hydrogens (tertiary/aromatic N) is 3. The van der Waals surface area contributed by atoms with Crippen LogP contribution in [0.2, 0.25) is 0 Å². The predicted molar refractivity (Wildman–Crippen MR) is 111 cm³/mol. The van der Waals surface area contributed by atoms with Gasteiger partial charge in [0.25, 0.3) is 5.91 Å². The molecule has 1 amide bonds. The third kappa shape index (κ3) is 4.48. The molecule has 2 N–H and O–H groups in total. The Balaban J connectivity index is 1.49. The molecule has 0 bridgehead atoms. The van der Waals surface area contributed by atoms with E-state index < -0.39 is 23.8 Å². The molecule has 7 nitrogen and oxygen atoms in total. The smallest absolute Gasteiger partial charge is 0.416 e. The molecule has 1 atom stereocenters. The highest BCUT2D eigenvalue weighted by atomic mass is 19.4. The monoisotopic (exact) mass is 444 g/mol. The molecule has 166 valence electrons. The number of hydrogen-bond acceptors (Lipinski definition) is 5. The molecule has 4 rings (SSSR count). The zero-order chi connectivity index (χ0) is 22.9. The topological polar surface area (TPSA) is 95.4 Å². The van der Waals surface area contributed by atoms with E-state index in [2.05, 4.69) is 15.3 Å². The minimum Gasteiger partial charge on any atom is -0.480 e. The summed E-state index contributed by atoms with van der Waals surface area (Å²) in [5, 5.41) is 12.4. The maximum absolute atomic E-state index is 12.8. The molecule has 3 aromatic rings. The Morgan fingerprint density at radius 1 is 1.06 bits per heavy atom. The third-order valence-electron chi connectivity index (χ3n) is 5.32. The fourth-order valence-electron chi connectivity index (χ4n) is 3.69. The van der Waals surface area contributed by atoms with Gasteiger partial charge in [-0.1, -0.05) is 0 Å². The second-order valence-electron chi connectivity index (χ2n) is 7.51. The summed E-state index contributed by atoms with van der Waals surface area (Å²) in [4.78, 5) is 33.9. The molecule has 1 fully saturated rings. The molecule has 2 heterocycles. The van der Waals surface area contributed by atoms with Crippen LogP contribution in [0.3, 0.4) is 0 Å². The number of rotatable bonds is 4. The number of aromatic nitrogens is 2. The van der Waals surface area contributed by atoms with Crippen LogP contribution in [-0.4, -0.2) is 44.4 Å². The summed E-state index contributed by atoms with van der Waals surface area (Å²) >= 11 is 0. The summed E-state index contributed by atoms with van der Waals surface area (Å²) in [5.74, 6) is -1.01. The first-order chi connectivity index (χ1) is 15.2. The number of hydrogen-bond donors (Lipinski definition) is 2. The highest BCUT2D eigenvalue weighted by molar-refractivity contribution is 5.97. The molecule has 0 saturated carbocycles. The molecular weight excluding hydrogens is 425 g/mol. The van der Waals surface area contributed by atoms with Gasteiger partial charge in [0, 0.05) is 17.8 Å². The summed E-state index contributed by atoms with van der Waals surface area (Å²) in [7, 11) is 0. The lowest BCUT2D eigenvalue weighted by molar-refractivity contribution is -0.143. The van der Waals surface area contributed by atoms with Gasteiger partial charge in [-0.2, -0.15) is 13.2 Å². The van der Waals surface area contributed by atoms with Crippen molar-refractivity contribution in [2.45, 2.75) is 31.5 Å². The number of nitrogens with one attached hydrogen (secondary N) is 1. The maximum Gasteiger partial charge on any atom is 0.416 e. The first-order valence-electron chi connectivity index (χ1n) is 9.97. The van der Waals surface area contributed by atoms with Crippen molar-refractivity contribution < 1.29 is 27.9 Å². The van der Waals surface area contributed by atoms with Crippen molar-refractivity contribution in [2.75, 3.05) is 11.9 Å². The lowest BCUT2D eigenvalue weighted by Crippen LogP contribution is -2.47. The molecule has 0 radical (unpaired) electrons. The Bertz CT molecular complexity index is 1170. The van der Waals surface area contributed by atoms with Gasteiger partial charge in [-0.25, -0.2) is 9.78 Å². The molecule has 1 aliphatic rings. The molecule has 1 aliphatic heterocycles. The molecule has 1 saturated heterocycles. The minimum atomic E-state index is -4.45. The number of carboxylic acids is 1. The van der Waals surface area contributed by atoms with Crippen molar-refractivity contribution in [3.8, 4) is 0 Å². The number of amides is 1. The highest BCUT2D eigenvalue weighted by Crippen LogP contribution is 2.31. The van der Waals surface area contributed by atoms with Gasteiger partial charge in [-0.05, 0) is 61.7 Å². The van der Waals surface area contributed by atoms with E-state index in [-0.39, 0.29) is 11.4 Å². The molecule has 1 unspecified atom stereocenters. The number of carbonyl (C=O) groups excluding carboxylic acids is 1. The lowest BCUT2D eigenvalue weighted by Gasteiger charge is -2.33. The number of carboxylic acid groups (broad SMARTS) is 1. The van der Waals surface area contributed by atoms with Crippen LogP contribution >= 0.6 is 0 Å². The van der Waals surface area contributed by atoms with Crippen molar-refractivity contribution in [3.63, 3.8) is 0 Å². The maximum atomic E-state index is 12.8. The molecule has 10 heteroatoms. The van der Waals surface area contributed by atoms with Crippen LogP contribution in [0, 0.1) is 0 Å². The standard InChI is InChI=1S/C22H19F3N4O3/c23-22(24,25)14-6-9-16-17(11-14)26-12-19(28-16)27-15-7-4-13(5-8-15)20(30)29-10-2-1-3-18(29)21(31)32/h4-9,11-12,18H,1-3,10H2,(H,27,28)(H,31,32). The molecular formula is C22H19F3N4O3. The first-order valence-corrected chi connectivity index (χ1v) is 9.97. The Morgan fingerprint density at radius 3 is 2.50 bits per heavy atom. The van der Waals surface area contributed by atoms with Gasteiger partial charge in [-0.15, -0.1) is 0 Å². The zero-order valence-corrected chi connectivity index (χ0v) is 16.8. The van der Waals surface area contributed by atoms with Crippen LogP contribution in [0.1, 0.15) is 35.2 Å². The van der Waals surface area contributed by atoms with Crippen LogP contribution in [0.5, 0.6) is 0 Å². The van der Waals surface area contributed by atoms with E-state index in [1.807, 2.05) is 0 Å². The van der Waals surface area contributed by atoms with E-state index in [9.17, 15) is 27.9 Å². The van der Waals surface area contributed by atoms with Crippen molar-refractivity contribution >= 4 is 34.4 Å². The number of carbonyl (C=O) groups is 2. The summed E-state index contributed by atoms with van der Waals surface area (Å²) < 4.78 is 38.5. The predicted octanol–water partition coefficient (Wildman–Crippen LogP) is 4.47. The van der Waals surface area contributed by atoms with E-state index in [1.54, 1.807) is 24.3 Å². The summed E-state index contributed by atoms with van der Waals surface area (Å²) in [6, 6.07) is 8.79. The van der Waals surface area contributed by atoms with Gasteiger partial charge in [0.05, 0.1) is 22.8 Å².